The molecule has 1 atom stereocenters. The summed E-state index contributed by atoms with van der Waals surface area (Å²) < 4.78 is 39.7. The second-order valence-corrected chi connectivity index (χ2v) is 7.21. The van der Waals surface area contributed by atoms with Gasteiger partial charge in [-0.15, -0.1) is 0 Å². The summed E-state index contributed by atoms with van der Waals surface area (Å²) in [4.78, 5) is 12.4. The van der Waals surface area contributed by atoms with Crippen molar-refractivity contribution in [2.24, 2.45) is 0 Å². The smallest absolute Gasteiger partial charge is 0.324 e. The fraction of sp³-hybridized carbons (Fsp3) is 0.174. The summed E-state index contributed by atoms with van der Waals surface area (Å²) in [5.41, 5.74) is 0.762. The van der Waals surface area contributed by atoms with E-state index < -0.39 is 17.6 Å². The van der Waals surface area contributed by atoms with Crippen molar-refractivity contribution in [1.29, 1.82) is 0 Å². The second-order valence-electron chi connectivity index (χ2n) is 6.77. The fourth-order valence-electron chi connectivity index (χ4n) is 3.11. The number of carbonyl (C=O) groups excluding carboxylic acids is 1. The van der Waals surface area contributed by atoms with Gasteiger partial charge in [-0.3, -0.25) is 4.79 Å². The average molecular weight is 433 g/mol. The van der Waals surface area contributed by atoms with Gasteiger partial charge in [-0.25, -0.2) is 0 Å². The molecule has 0 heterocycles. The molecule has 0 fully saturated rings. The third-order valence-electron chi connectivity index (χ3n) is 4.55. The van der Waals surface area contributed by atoms with Crippen molar-refractivity contribution in [3.8, 4) is 0 Å². The third-order valence-corrected chi connectivity index (χ3v) is 4.79. The molecule has 156 valence electrons. The lowest BCUT2D eigenvalue weighted by Crippen LogP contribution is -2.32. The van der Waals surface area contributed by atoms with Gasteiger partial charge in [0.1, 0.15) is 0 Å². The molecule has 3 nitrogen and oxygen atoms in total. The van der Waals surface area contributed by atoms with Crippen molar-refractivity contribution in [1.82, 2.24) is 5.32 Å². The van der Waals surface area contributed by atoms with Gasteiger partial charge in [0.2, 0.25) is 5.91 Å². The Morgan fingerprint density at radius 3 is 2.20 bits per heavy atom. The van der Waals surface area contributed by atoms with Crippen LogP contribution in [0.4, 0.5) is 18.9 Å². The van der Waals surface area contributed by atoms with Crippen molar-refractivity contribution >= 4 is 23.2 Å². The quantitative estimate of drug-likeness (QED) is 0.490. The minimum atomic E-state index is -4.62. The van der Waals surface area contributed by atoms with E-state index in [1.807, 2.05) is 60.7 Å². The Morgan fingerprint density at radius 1 is 0.933 bits per heavy atom. The van der Waals surface area contributed by atoms with E-state index in [1.165, 1.54) is 6.07 Å². The molecule has 3 aromatic rings. The average Bonchev–Trinajstić information content (AvgIpc) is 2.73. The van der Waals surface area contributed by atoms with Gasteiger partial charge >= 0.3 is 6.18 Å². The molecule has 7 heteroatoms. The molecule has 0 saturated heterocycles. The van der Waals surface area contributed by atoms with Crippen LogP contribution in [0, 0.1) is 0 Å². The van der Waals surface area contributed by atoms with Crippen LogP contribution in [0.2, 0.25) is 5.02 Å². The van der Waals surface area contributed by atoms with E-state index in [9.17, 15) is 18.0 Å². The maximum absolute atomic E-state index is 13.2. The van der Waals surface area contributed by atoms with Gasteiger partial charge < -0.3 is 10.6 Å². The van der Waals surface area contributed by atoms with Crippen LogP contribution in [0.25, 0.3) is 0 Å². The molecule has 2 N–H and O–H groups in total. The molecule has 30 heavy (non-hydrogen) atoms. The highest BCUT2D eigenvalue weighted by Gasteiger charge is 2.34. The number of anilines is 1. The van der Waals surface area contributed by atoms with Crippen LogP contribution in [0.1, 0.15) is 22.7 Å². The number of halogens is 4. The van der Waals surface area contributed by atoms with E-state index in [1.54, 1.807) is 0 Å². The lowest BCUT2D eigenvalue weighted by molar-refractivity contribution is -0.137. The number of rotatable bonds is 7. The predicted octanol–water partition coefficient (Wildman–Crippen LogP) is 5.87. The molecule has 0 aliphatic heterocycles. The Morgan fingerprint density at radius 2 is 1.57 bits per heavy atom. The highest BCUT2D eigenvalue weighted by Crippen LogP contribution is 2.36. The maximum Gasteiger partial charge on any atom is 0.418 e. The summed E-state index contributed by atoms with van der Waals surface area (Å²) in [7, 11) is 0. The predicted molar refractivity (Wildman–Crippen MR) is 112 cm³/mol. The number of carbonyl (C=O) groups is 1. The molecule has 0 radical (unpaired) electrons. The first-order valence-electron chi connectivity index (χ1n) is 9.32. The second kappa shape index (κ2) is 9.78. The van der Waals surface area contributed by atoms with E-state index in [4.69, 9.17) is 11.6 Å². The first kappa shape index (κ1) is 21.9. The Labute approximate surface area is 177 Å². The summed E-state index contributed by atoms with van der Waals surface area (Å²) in [5, 5.41) is 5.44. The molecule has 0 aliphatic carbocycles. The van der Waals surface area contributed by atoms with Crippen molar-refractivity contribution in [3.05, 3.63) is 101 Å². The third kappa shape index (κ3) is 6.08. The van der Waals surface area contributed by atoms with E-state index in [-0.39, 0.29) is 23.3 Å². The molecule has 0 bridgehead atoms. The first-order valence-corrected chi connectivity index (χ1v) is 9.69. The van der Waals surface area contributed by atoms with Gasteiger partial charge in [0.15, 0.2) is 0 Å². The van der Waals surface area contributed by atoms with Gasteiger partial charge in [-0.05, 0) is 35.7 Å². The minimum absolute atomic E-state index is 0.0505. The largest absolute Gasteiger partial charge is 0.418 e. The van der Waals surface area contributed by atoms with E-state index in [0.717, 1.165) is 23.3 Å². The maximum atomic E-state index is 13.2. The zero-order valence-electron chi connectivity index (χ0n) is 15.9. The number of nitrogens with one attached hydrogen (secondary N) is 2. The molecule has 1 unspecified atom stereocenters. The van der Waals surface area contributed by atoms with Crippen LogP contribution in [0.3, 0.4) is 0 Å². The molecule has 0 saturated carbocycles. The van der Waals surface area contributed by atoms with Crippen molar-refractivity contribution in [2.75, 3.05) is 11.9 Å². The van der Waals surface area contributed by atoms with Crippen molar-refractivity contribution in [3.63, 3.8) is 0 Å². The van der Waals surface area contributed by atoms with Gasteiger partial charge in [0, 0.05) is 11.1 Å². The zero-order chi connectivity index (χ0) is 21.6. The molecular formula is C23H20ClF3N2O. The monoisotopic (exact) mass is 432 g/mol. The molecule has 0 spiro atoms. The highest BCUT2D eigenvalue weighted by molar-refractivity contribution is 6.30. The Bertz CT molecular complexity index is 979. The Hall–Kier alpha value is -2.83. The van der Waals surface area contributed by atoms with Gasteiger partial charge in [-0.2, -0.15) is 13.2 Å². The van der Waals surface area contributed by atoms with Crippen LogP contribution < -0.4 is 10.6 Å². The summed E-state index contributed by atoms with van der Waals surface area (Å²) in [6.07, 6.45) is -3.99. The van der Waals surface area contributed by atoms with E-state index in [0.29, 0.717) is 6.42 Å². The minimum Gasteiger partial charge on any atom is -0.324 e. The summed E-state index contributed by atoms with van der Waals surface area (Å²) in [6.45, 7) is -0.147. The normalized spacial score (nSPS) is 12.4. The van der Waals surface area contributed by atoms with Gasteiger partial charge in [0.25, 0.3) is 0 Å². The van der Waals surface area contributed by atoms with Crippen molar-refractivity contribution in [2.45, 2.75) is 18.6 Å². The first-order chi connectivity index (χ1) is 14.3. The molecule has 1 amide bonds. The lowest BCUT2D eigenvalue weighted by Gasteiger charge is -2.20. The van der Waals surface area contributed by atoms with Gasteiger partial charge in [0.05, 0.1) is 17.8 Å². The highest BCUT2D eigenvalue weighted by atomic mass is 35.5. The number of amides is 1. The van der Waals surface area contributed by atoms with Crippen LogP contribution in [0.15, 0.2) is 78.9 Å². The van der Waals surface area contributed by atoms with Crippen LogP contribution in [-0.4, -0.2) is 12.5 Å². The number of benzene rings is 3. The summed E-state index contributed by atoms with van der Waals surface area (Å²) in [5.74, 6) is -0.572. The Balaban J connectivity index is 1.71. The van der Waals surface area contributed by atoms with E-state index in [2.05, 4.69) is 10.6 Å². The number of hydrogen-bond donors (Lipinski definition) is 2. The molecule has 0 aromatic heterocycles. The molecule has 3 rings (SSSR count). The molecule has 3 aromatic carbocycles. The van der Waals surface area contributed by atoms with Crippen LogP contribution in [0.5, 0.6) is 0 Å². The zero-order valence-corrected chi connectivity index (χ0v) is 16.7. The fourth-order valence-corrected chi connectivity index (χ4v) is 3.29. The lowest BCUT2D eigenvalue weighted by atomic mass is 9.99. The summed E-state index contributed by atoms with van der Waals surface area (Å²) >= 11 is 5.68. The number of alkyl halides is 3. The van der Waals surface area contributed by atoms with Crippen LogP contribution >= 0.6 is 11.6 Å². The standard InChI is InChI=1S/C23H20ClF3N2O/c24-18-11-12-20(19(14-18)23(25,26)27)29-22(30)15-28-21(17-9-5-2-6-10-17)13-16-7-3-1-4-8-16/h1-12,14,21,28H,13,15H2,(H,29,30). The van der Waals surface area contributed by atoms with Crippen molar-refractivity contribution < 1.29 is 18.0 Å². The molecular weight excluding hydrogens is 413 g/mol. The Kier molecular flexibility index (Phi) is 7.13. The topological polar surface area (TPSA) is 41.1 Å². The summed E-state index contributed by atoms with van der Waals surface area (Å²) in [6, 6.07) is 22.4. The SMILES string of the molecule is O=C(CNC(Cc1ccccc1)c1ccccc1)Nc1ccc(Cl)cc1C(F)(F)F. The van der Waals surface area contributed by atoms with E-state index >= 15 is 0 Å². The van der Waals surface area contributed by atoms with Crippen LogP contribution in [-0.2, 0) is 17.4 Å². The molecule has 0 aliphatic rings. The number of hydrogen-bond acceptors (Lipinski definition) is 2. The van der Waals surface area contributed by atoms with Gasteiger partial charge in [-0.1, -0.05) is 72.3 Å².